The van der Waals surface area contributed by atoms with Gasteiger partial charge in [-0.05, 0) is 62.1 Å². The summed E-state index contributed by atoms with van der Waals surface area (Å²) in [5.41, 5.74) is 0.967. The van der Waals surface area contributed by atoms with Crippen LogP contribution in [-0.4, -0.2) is 58.6 Å². The molecule has 0 saturated carbocycles. The standard InChI is InChI=1S/C24H27N3O2S2/c30-23-6-3-13-27(23)18-11-14-26(15-12-18)16-17-28-19-7-9-20(10-8-19)29-24-25-21-4-1-2-5-22(21)31-24/h1-2,4-5,7-10,18H,3,6,11-17H2. The van der Waals surface area contributed by atoms with Crippen molar-refractivity contribution in [1.82, 2.24) is 14.8 Å². The van der Waals surface area contributed by atoms with Crippen LogP contribution in [0.15, 0.2) is 48.5 Å². The number of ether oxygens (including phenoxy) is 2. The second kappa shape index (κ2) is 9.51. The van der Waals surface area contributed by atoms with E-state index in [0.29, 0.717) is 17.8 Å². The van der Waals surface area contributed by atoms with Crippen LogP contribution in [0.2, 0.25) is 0 Å². The second-order valence-corrected chi connectivity index (χ2v) is 9.60. The predicted octanol–water partition coefficient (Wildman–Crippen LogP) is 5.36. The number of fused-ring (bicyclic) bond motifs is 1. The number of nitrogens with zero attached hydrogens (tertiary/aromatic N) is 3. The molecule has 2 aliphatic rings. The van der Waals surface area contributed by atoms with E-state index < -0.39 is 0 Å². The topological polar surface area (TPSA) is 37.8 Å². The molecule has 0 bridgehead atoms. The first-order valence-electron chi connectivity index (χ1n) is 11.0. The molecule has 0 aliphatic carbocycles. The van der Waals surface area contributed by atoms with Crippen LogP contribution in [-0.2, 0) is 0 Å². The lowest BCUT2D eigenvalue weighted by Crippen LogP contribution is -2.45. The smallest absolute Gasteiger partial charge is 0.279 e. The first-order chi connectivity index (χ1) is 15.2. The maximum atomic E-state index is 5.96. The second-order valence-electron chi connectivity index (χ2n) is 8.13. The van der Waals surface area contributed by atoms with Gasteiger partial charge in [0.2, 0.25) is 0 Å². The van der Waals surface area contributed by atoms with Crippen LogP contribution in [0.4, 0.5) is 0 Å². The molecule has 3 aromatic rings. The Bertz CT molecular complexity index is 996. The SMILES string of the molecule is S=C1CCCN1C1CCN(CCOc2ccc(Oc3nc4ccccc4s3)cc2)CC1. The van der Waals surface area contributed by atoms with Gasteiger partial charge in [-0.25, -0.2) is 4.98 Å². The van der Waals surface area contributed by atoms with Crippen molar-refractivity contribution < 1.29 is 9.47 Å². The van der Waals surface area contributed by atoms with Crippen molar-refractivity contribution in [1.29, 1.82) is 0 Å². The number of hydrogen-bond donors (Lipinski definition) is 0. The Hall–Kier alpha value is -2.22. The molecule has 5 rings (SSSR count). The molecule has 0 N–H and O–H groups in total. The number of piperidine rings is 1. The van der Waals surface area contributed by atoms with Gasteiger partial charge in [-0.2, -0.15) is 0 Å². The minimum absolute atomic E-state index is 0.648. The molecule has 2 aliphatic heterocycles. The molecule has 0 atom stereocenters. The first kappa shape index (κ1) is 20.7. The Morgan fingerprint density at radius 2 is 1.77 bits per heavy atom. The Balaban J connectivity index is 1.06. The fourth-order valence-corrected chi connectivity index (χ4v) is 5.62. The zero-order chi connectivity index (χ0) is 21.0. The van der Waals surface area contributed by atoms with E-state index in [2.05, 4.69) is 20.9 Å². The van der Waals surface area contributed by atoms with Crippen LogP contribution in [0.1, 0.15) is 25.7 Å². The van der Waals surface area contributed by atoms with Crippen molar-refractivity contribution in [3.8, 4) is 16.7 Å². The normalized spacial score (nSPS) is 18.1. The molecule has 0 unspecified atom stereocenters. The van der Waals surface area contributed by atoms with Gasteiger partial charge in [0.15, 0.2) is 0 Å². The molecule has 2 fully saturated rings. The molecule has 1 aromatic heterocycles. The van der Waals surface area contributed by atoms with E-state index in [1.807, 2.05) is 42.5 Å². The number of rotatable bonds is 7. The van der Waals surface area contributed by atoms with Crippen molar-refractivity contribution >= 4 is 38.8 Å². The number of thiazole rings is 1. The Kier molecular flexibility index (Phi) is 6.34. The van der Waals surface area contributed by atoms with E-state index in [1.54, 1.807) is 11.3 Å². The highest BCUT2D eigenvalue weighted by Gasteiger charge is 2.28. The number of thiocarbonyl (C=S) groups is 1. The van der Waals surface area contributed by atoms with Gasteiger partial charge in [0.05, 0.1) is 15.2 Å². The molecular formula is C24H27N3O2S2. The highest BCUT2D eigenvalue weighted by atomic mass is 32.1. The molecule has 31 heavy (non-hydrogen) atoms. The average Bonchev–Trinajstić information content (AvgIpc) is 3.41. The molecule has 0 radical (unpaired) electrons. The van der Waals surface area contributed by atoms with Crippen molar-refractivity contribution in [2.45, 2.75) is 31.7 Å². The Morgan fingerprint density at radius 1 is 1.00 bits per heavy atom. The van der Waals surface area contributed by atoms with Gasteiger partial charge in [-0.1, -0.05) is 35.7 Å². The zero-order valence-corrected chi connectivity index (χ0v) is 19.2. The zero-order valence-electron chi connectivity index (χ0n) is 17.5. The summed E-state index contributed by atoms with van der Waals surface area (Å²) in [5, 5.41) is 0.660. The maximum absolute atomic E-state index is 5.96. The van der Waals surface area contributed by atoms with Crippen LogP contribution in [0.5, 0.6) is 16.7 Å². The van der Waals surface area contributed by atoms with Crippen molar-refractivity contribution in [2.24, 2.45) is 0 Å². The average molecular weight is 454 g/mol. The third-order valence-corrected chi connectivity index (χ3v) is 7.44. The van der Waals surface area contributed by atoms with E-state index in [1.165, 1.54) is 24.3 Å². The number of aromatic nitrogens is 1. The lowest BCUT2D eigenvalue weighted by atomic mass is 10.0. The van der Waals surface area contributed by atoms with Gasteiger partial charge in [0.25, 0.3) is 5.19 Å². The summed E-state index contributed by atoms with van der Waals surface area (Å²) >= 11 is 7.07. The van der Waals surface area contributed by atoms with Crippen LogP contribution in [0.3, 0.4) is 0 Å². The number of hydrogen-bond acceptors (Lipinski definition) is 6. The Labute approximate surface area is 192 Å². The third kappa shape index (κ3) is 5.00. The van der Waals surface area contributed by atoms with E-state index in [4.69, 9.17) is 21.7 Å². The van der Waals surface area contributed by atoms with Crippen molar-refractivity contribution in [3.05, 3.63) is 48.5 Å². The molecule has 5 nitrogen and oxygen atoms in total. The lowest BCUT2D eigenvalue weighted by molar-refractivity contribution is 0.139. The molecule has 3 heterocycles. The van der Waals surface area contributed by atoms with E-state index in [-0.39, 0.29) is 0 Å². The third-order valence-electron chi connectivity index (χ3n) is 6.09. The van der Waals surface area contributed by atoms with E-state index in [0.717, 1.165) is 54.3 Å². The van der Waals surface area contributed by atoms with Gasteiger partial charge >= 0.3 is 0 Å². The molecule has 2 aromatic carbocycles. The van der Waals surface area contributed by atoms with Gasteiger partial charge in [-0.15, -0.1) is 0 Å². The summed E-state index contributed by atoms with van der Waals surface area (Å²) in [4.78, 5) is 10.7. The first-order valence-corrected chi connectivity index (χ1v) is 12.3. The number of benzene rings is 2. The molecule has 162 valence electrons. The van der Waals surface area contributed by atoms with Crippen molar-refractivity contribution in [3.63, 3.8) is 0 Å². The summed E-state index contributed by atoms with van der Waals surface area (Å²) < 4.78 is 13.0. The summed E-state index contributed by atoms with van der Waals surface area (Å²) in [6.07, 6.45) is 4.75. The molecule has 0 spiro atoms. The van der Waals surface area contributed by atoms with Gasteiger partial charge in [-0.3, -0.25) is 4.90 Å². The summed E-state index contributed by atoms with van der Waals surface area (Å²) in [5.74, 6) is 1.64. The summed E-state index contributed by atoms with van der Waals surface area (Å²) in [6, 6.07) is 16.5. The van der Waals surface area contributed by atoms with Crippen LogP contribution in [0, 0.1) is 0 Å². The Morgan fingerprint density at radius 3 is 2.52 bits per heavy atom. The largest absolute Gasteiger partial charge is 0.492 e. The monoisotopic (exact) mass is 453 g/mol. The number of likely N-dealkylation sites (tertiary alicyclic amines) is 2. The highest BCUT2D eigenvalue weighted by molar-refractivity contribution is 7.80. The maximum Gasteiger partial charge on any atom is 0.279 e. The van der Waals surface area contributed by atoms with Gasteiger partial charge in [0, 0.05) is 32.2 Å². The van der Waals surface area contributed by atoms with Crippen LogP contribution in [0.25, 0.3) is 10.2 Å². The van der Waals surface area contributed by atoms with E-state index in [9.17, 15) is 0 Å². The minimum atomic E-state index is 0.648. The van der Waals surface area contributed by atoms with Crippen LogP contribution < -0.4 is 9.47 Å². The molecule has 0 amide bonds. The van der Waals surface area contributed by atoms with Gasteiger partial charge < -0.3 is 14.4 Å². The molecule has 2 saturated heterocycles. The molecule has 7 heteroatoms. The van der Waals surface area contributed by atoms with E-state index >= 15 is 0 Å². The molecular weight excluding hydrogens is 426 g/mol. The highest BCUT2D eigenvalue weighted by Crippen LogP contribution is 2.31. The lowest BCUT2D eigenvalue weighted by Gasteiger charge is -2.37. The fourth-order valence-electron chi connectivity index (χ4n) is 4.40. The van der Waals surface area contributed by atoms with Gasteiger partial charge in [0.1, 0.15) is 18.1 Å². The summed E-state index contributed by atoms with van der Waals surface area (Å²) in [6.45, 7) is 5.07. The fraction of sp³-hybridized carbons (Fsp3) is 0.417. The quantitative estimate of drug-likeness (QED) is 0.449. The van der Waals surface area contributed by atoms with Crippen LogP contribution >= 0.6 is 23.6 Å². The number of para-hydroxylation sites is 1. The summed E-state index contributed by atoms with van der Waals surface area (Å²) in [7, 11) is 0. The van der Waals surface area contributed by atoms with Crippen molar-refractivity contribution in [2.75, 3.05) is 32.8 Å². The minimum Gasteiger partial charge on any atom is -0.492 e. The predicted molar refractivity (Wildman–Crippen MR) is 130 cm³/mol.